The summed E-state index contributed by atoms with van der Waals surface area (Å²) in [7, 11) is 0. The topological polar surface area (TPSA) is 29.9 Å². The highest BCUT2D eigenvalue weighted by Crippen LogP contribution is 2.26. The van der Waals surface area contributed by atoms with Crippen LogP contribution < -0.4 is 5.43 Å². The summed E-state index contributed by atoms with van der Waals surface area (Å²) in [6.45, 7) is 0. The Hall–Kier alpha value is -3.04. The maximum atomic E-state index is 6.00. The molecular weight excluding hydrogens is 330 g/mol. The lowest BCUT2D eigenvalue weighted by Crippen LogP contribution is -2.09. The largest absolute Gasteiger partial charge is 0.293 e. The van der Waals surface area contributed by atoms with Crippen LogP contribution in [-0.2, 0) is 0 Å². The van der Waals surface area contributed by atoms with Gasteiger partial charge in [0, 0.05) is 16.1 Å². The van der Waals surface area contributed by atoms with E-state index in [1.807, 2.05) is 83.7 Å². The molecule has 4 rings (SSSR count). The van der Waals surface area contributed by atoms with Gasteiger partial charge in [-0.1, -0.05) is 72.3 Å². The lowest BCUT2D eigenvalue weighted by Gasteiger charge is -2.10. The van der Waals surface area contributed by atoms with Gasteiger partial charge in [0.1, 0.15) is 0 Å². The number of anilines is 1. The van der Waals surface area contributed by atoms with Crippen molar-refractivity contribution in [2.24, 2.45) is 0 Å². The zero-order valence-corrected chi connectivity index (χ0v) is 14.2. The van der Waals surface area contributed by atoms with E-state index in [4.69, 9.17) is 16.6 Å². The molecule has 3 aromatic carbocycles. The average molecular weight is 346 g/mol. The minimum atomic E-state index is 0.717. The van der Waals surface area contributed by atoms with E-state index in [1.54, 1.807) is 0 Å². The number of rotatable bonds is 4. The summed E-state index contributed by atoms with van der Waals surface area (Å²) in [6, 6.07) is 27.9. The van der Waals surface area contributed by atoms with Crippen LogP contribution in [0.15, 0.2) is 91.1 Å². The minimum Gasteiger partial charge on any atom is -0.293 e. The second-order valence-electron chi connectivity index (χ2n) is 5.67. The molecule has 0 unspecified atom stereocenters. The van der Waals surface area contributed by atoms with E-state index in [-0.39, 0.29) is 0 Å². The Balaban J connectivity index is 1.79. The van der Waals surface area contributed by atoms with E-state index in [9.17, 15) is 0 Å². The summed E-state index contributed by atoms with van der Waals surface area (Å²) in [5, 5.41) is 0.717. The van der Waals surface area contributed by atoms with Crippen LogP contribution in [0.1, 0.15) is 0 Å². The number of aromatic nitrogens is 2. The van der Waals surface area contributed by atoms with Crippen molar-refractivity contribution in [3.05, 3.63) is 96.1 Å². The molecule has 1 N–H and O–H groups in total. The molecule has 4 aromatic rings. The molecule has 1 heterocycles. The number of nitrogens with zero attached hydrogens (tertiary/aromatic N) is 2. The molecule has 1 aromatic heterocycles. The van der Waals surface area contributed by atoms with Gasteiger partial charge in [0.15, 0.2) is 5.82 Å². The van der Waals surface area contributed by atoms with E-state index < -0.39 is 0 Å². The Morgan fingerprint density at radius 1 is 0.720 bits per heavy atom. The van der Waals surface area contributed by atoms with Crippen LogP contribution in [0, 0.1) is 0 Å². The molecule has 0 bridgehead atoms. The fourth-order valence-corrected chi connectivity index (χ4v) is 2.79. The quantitative estimate of drug-likeness (QED) is 0.510. The van der Waals surface area contributed by atoms with Crippen LogP contribution in [0.3, 0.4) is 0 Å². The highest BCUT2D eigenvalue weighted by atomic mass is 35.5. The maximum absolute atomic E-state index is 6.00. The fraction of sp³-hybridized carbons (Fsp3) is 0. The highest BCUT2D eigenvalue weighted by molar-refractivity contribution is 6.30. The second-order valence-corrected chi connectivity index (χ2v) is 6.11. The van der Waals surface area contributed by atoms with Gasteiger partial charge in [0.2, 0.25) is 0 Å². The van der Waals surface area contributed by atoms with Crippen molar-refractivity contribution < 1.29 is 0 Å². The van der Waals surface area contributed by atoms with Gasteiger partial charge in [0.05, 0.1) is 17.6 Å². The van der Waals surface area contributed by atoms with Crippen molar-refractivity contribution in [2.45, 2.75) is 0 Å². The van der Waals surface area contributed by atoms with E-state index >= 15 is 0 Å². The number of imidazole rings is 1. The highest BCUT2D eigenvalue weighted by Gasteiger charge is 2.12. The number of halogens is 1. The predicted octanol–water partition coefficient (Wildman–Crippen LogP) is 5.75. The molecule has 4 heteroatoms. The van der Waals surface area contributed by atoms with Gasteiger partial charge in [-0.05, 0) is 24.3 Å². The summed E-state index contributed by atoms with van der Waals surface area (Å²) >= 11 is 6.00. The molecule has 0 amide bonds. The van der Waals surface area contributed by atoms with Crippen molar-refractivity contribution in [1.29, 1.82) is 0 Å². The molecule has 122 valence electrons. The van der Waals surface area contributed by atoms with E-state index in [1.165, 1.54) is 0 Å². The third-order valence-corrected chi connectivity index (χ3v) is 4.15. The van der Waals surface area contributed by atoms with Gasteiger partial charge >= 0.3 is 0 Å². The molecule has 3 nitrogen and oxygen atoms in total. The van der Waals surface area contributed by atoms with Crippen LogP contribution in [0.25, 0.3) is 22.6 Å². The van der Waals surface area contributed by atoms with E-state index in [0.717, 1.165) is 28.3 Å². The Bertz CT molecular complexity index is 961. The summed E-state index contributed by atoms with van der Waals surface area (Å²) in [5.74, 6) is 0.856. The lowest BCUT2D eigenvalue weighted by atomic mass is 10.2. The van der Waals surface area contributed by atoms with Crippen LogP contribution in [-0.4, -0.2) is 9.66 Å². The lowest BCUT2D eigenvalue weighted by molar-refractivity contribution is 0.966. The summed E-state index contributed by atoms with van der Waals surface area (Å²) in [5.41, 5.74) is 7.36. The van der Waals surface area contributed by atoms with E-state index in [2.05, 4.69) is 17.6 Å². The molecule has 0 aliphatic heterocycles. The molecule has 0 saturated heterocycles. The molecule has 0 saturated carbocycles. The van der Waals surface area contributed by atoms with Gasteiger partial charge in [-0.2, -0.15) is 0 Å². The first-order valence-corrected chi connectivity index (χ1v) is 8.40. The number of hydrogen-bond donors (Lipinski definition) is 1. The SMILES string of the molecule is Clc1ccc(-c2cn(Nc3ccccc3)c(-c3ccccc3)n2)cc1. The molecule has 0 radical (unpaired) electrons. The normalized spacial score (nSPS) is 10.6. The third kappa shape index (κ3) is 3.42. The second kappa shape index (κ2) is 6.83. The summed E-state index contributed by atoms with van der Waals surface area (Å²) in [4.78, 5) is 4.83. The molecule has 0 spiro atoms. The smallest absolute Gasteiger partial charge is 0.159 e. The number of para-hydroxylation sites is 1. The van der Waals surface area contributed by atoms with E-state index in [0.29, 0.717) is 5.02 Å². The first-order valence-electron chi connectivity index (χ1n) is 8.02. The van der Waals surface area contributed by atoms with Crippen molar-refractivity contribution in [3.63, 3.8) is 0 Å². The minimum absolute atomic E-state index is 0.717. The van der Waals surface area contributed by atoms with Gasteiger partial charge in [-0.3, -0.25) is 5.43 Å². The molecule has 0 aliphatic rings. The molecule has 0 fully saturated rings. The summed E-state index contributed by atoms with van der Waals surface area (Å²) in [6.07, 6.45) is 2.00. The number of hydrogen-bond acceptors (Lipinski definition) is 2. The third-order valence-electron chi connectivity index (χ3n) is 3.90. The Kier molecular flexibility index (Phi) is 4.23. The Labute approximate surface area is 151 Å². The zero-order chi connectivity index (χ0) is 17.1. The molecule has 0 aliphatic carbocycles. The standard InChI is InChI=1S/C21H16ClN3/c22-18-13-11-16(12-14-18)20-15-25(24-19-9-5-2-6-10-19)21(23-20)17-7-3-1-4-8-17/h1-15,24H. The fourth-order valence-electron chi connectivity index (χ4n) is 2.67. The maximum Gasteiger partial charge on any atom is 0.159 e. The zero-order valence-electron chi connectivity index (χ0n) is 13.4. The van der Waals surface area contributed by atoms with Crippen molar-refractivity contribution in [3.8, 4) is 22.6 Å². The predicted molar refractivity (Wildman–Crippen MR) is 104 cm³/mol. The first kappa shape index (κ1) is 15.5. The average Bonchev–Trinajstić information content (AvgIpc) is 3.08. The number of benzene rings is 3. The monoisotopic (exact) mass is 345 g/mol. The Morgan fingerprint density at radius 3 is 2.04 bits per heavy atom. The van der Waals surface area contributed by atoms with Crippen LogP contribution >= 0.6 is 11.6 Å². The Morgan fingerprint density at radius 2 is 1.36 bits per heavy atom. The summed E-state index contributed by atoms with van der Waals surface area (Å²) < 4.78 is 1.95. The van der Waals surface area contributed by atoms with Crippen LogP contribution in [0.5, 0.6) is 0 Å². The molecular formula is C21H16ClN3. The van der Waals surface area contributed by atoms with Crippen molar-refractivity contribution in [2.75, 3.05) is 5.43 Å². The van der Waals surface area contributed by atoms with Gasteiger partial charge in [-0.15, -0.1) is 0 Å². The van der Waals surface area contributed by atoms with Crippen molar-refractivity contribution in [1.82, 2.24) is 9.66 Å². The van der Waals surface area contributed by atoms with Gasteiger partial charge in [-0.25, -0.2) is 9.66 Å². The van der Waals surface area contributed by atoms with Crippen LogP contribution in [0.2, 0.25) is 5.02 Å². The molecule has 25 heavy (non-hydrogen) atoms. The molecule has 0 atom stereocenters. The van der Waals surface area contributed by atoms with Gasteiger partial charge < -0.3 is 0 Å². The van der Waals surface area contributed by atoms with Crippen LogP contribution in [0.4, 0.5) is 5.69 Å². The van der Waals surface area contributed by atoms with Crippen molar-refractivity contribution >= 4 is 17.3 Å². The van der Waals surface area contributed by atoms with Gasteiger partial charge in [0.25, 0.3) is 0 Å². The first-order chi connectivity index (χ1) is 12.3. The number of nitrogens with one attached hydrogen (secondary N) is 1.